The lowest BCUT2D eigenvalue weighted by molar-refractivity contribution is -0.234. The van der Waals surface area contributed by atoms with Crippen LogP contribution in [0, 0.1) is 56.2 Å². The molecule has 0 amide bonds. The van der Waals surface area contributed by atoms with Gasteiger partial charge in [-0.25, -0.2) is 0 Å². The summed E-state index contributed by atoms with van der Waals surface area (Å²) >= 11 is 0. The maximum Gasteiger partial charge on any atom is 0.312 e. The molecule has 0 saturated heterocycles. The number of allylic oxidation sites excluding steroid dienone is 2. The fourth-order valence-electron chi connectivity index (χ4n) is 12.6. The Morgan fingerprint density at radius 3 is 2.12 bits per heavy atom. The number of ketones is 1. The molecular weight excluding hydrogens is 602 g/mol. The lowest BCUT2D eigenvalue weighted by Crippen LogP contribution is -2.65. The molecule has 0 aromatic heterocycles. The molecule has 0 aliphatic heterocycles. The van der Waals surface area contributed by atoms with Crippen LogP contribution in [-0.4, -0.2) is 40.8 Å². The fraction of sp³-hybridized carbons (Fsp3) is 0.878. The number of nitrogens with two attached hydrogens (primary N) is 1. The van der Waals surface area contributed by atoms with E-state index in [0.29, 0.717) is 30.6 Å². The highest BCUT2D eigenvalue weighted by atomic mass is 16.6. The van der Waals surface area contributed by atoms with E-state index in [2.05, 4.69) is 48.5 Å². The van der Waals surface area contributed by atoms with Crippen LogP contribution in [0.25, 0.3) is 0 Å². The van der Waals surface area contributed by atoms with Gasteiger partial charge in [-0.15, -0.1) is 0 Å². The van der Waals surface area contributed by atoms with Gasteiger partial charge in [0.05, 0.1) is 11.8 Å². The Morgan fingerprint density at radius 2 is 1.54 bits per heavy atom. The van der Waals surface area contributed by atoms with Crippen molar-refractivity contribution in [3.63, 3.8) is 0 Å². The van der Waals surface area contributed by atoms with Gasteiger partial charge in [0, 0.05) is 17.3 Å². The van der Waals surface area contributed by atoms with Gasteiger partial charge in [-0.2, -0.15) is 0 Å². The Kier molecular flexibility index (Phi) is 9.32. The standard InChI is InChI=1S/C41H67NO6/c1-24(2)32-26(43)21-41(22-30(42)44)20-19-39(11)25(33(32)41)13-14-28-38(10)17-16-29(37(8,9)27(38)15-18-40(28,39)12)47-31(45)23-36(6,7)34(46)48-35(3,4)5/h24-25,27-30,44H,13-23,42H2,1-12H3/t25-,27+,28-,29+,30-,38+,39-,40-,41+/m1/s1. The highest BCUT2D eigenvalue weighted by Crippen LogP contribution is 2.77. The summed E-state index contributed by atoms with van der Waals surface area (Å²) in [5, 5.41) is 10.5. The summed E-state index contributed by atoms with van der Waals surface area (Å²) in [6, 6.07) is 0. The summed E-state index contributed by atoms with van der Waals surface area (Å²) in [5.41, 5.74) is 6.62. The summed E-state index contributed by atoms with van der Waals surface area (Å²) in [7, 11) is 0. The van der Waals surface area contributed by atoms with Gasteiger partial charge in [-0.3, -0.25) is 14.4 Å². The molecule has 0 aromatic rings. The van der Waals surface area contributed by atoms with Crippen LogP contribution in [0.2, 0.25) is 0 Å². The van der Waals surface area contributed by atoms with Crippen molar-refractivity contribution >= 4 is 17.7 Å². The quantitative estimate of drug-likeness (QED) is 0.207. The van der Waals surface area contributed by atoms with Crippen molar-refractivity contribution in [3.05, 3.63) is 11.1 Å². The molecule has 272 valence electrons. The second-order valence-electron chi connectivity index (χ2n) is 20.1. The van der Waals surface area contributed by atoms with Crippen molar-refractivity contribution in [2.45, 2.75) is 172 Å². The minimum absolute atomic E-state index is 0.00371. The van der Waals surface area contributed by atoms with Gasteiger partial charge in [-0.05, 0) is 138 Å². The first-order chi connectivity index (χ1) is 21.8. The van der Waals surface area contributed by atoms with Crippen molar-refractivity contribution in [1.82, 2.24) is 0 Å². The van der Waals surface area contributed by atoms with Crippen LogP contribution in [0.4, 0.5) is 0 Å². The molecule has 7 nitrogen and oxygen atoms in total. The first-order valence-electron chi connectivity index (χ1n) is 19.0. The largest absolute Gasteiger partial charge is 0.462 e. The zero-order valence-electron chi connectivity index (χ0n) is 32.3. The van der Waals surface area contributed by atoms with Crippen LogP contribution in [0.3, 0.4) is 0 Å². The molecule has 48 heavy (non-hydrogen) atoms. The van der Waals surface area contributed by atoms with Gasteiger partial charge in [0.1, 0.15) is 17.9 Å². The molecule has 0 unspecified atom stereocenters. The Balaban J connectivity index is 1.39. The lowest BCUT2D eigenvalue weighted by Gasteiger charge is -2.72. The third-order valence-corrected chi connectivity index (χ3v) is 14.9. The normalized spacial score (nSPS) is 40.0. The third-order valence-electron chi connectivity index (χ3n) is 14.9. The zero-order chi connectivity index (χ0) is 36.0. The van der Waals surface area contributed by atoms with E-state index in [9.17, 15) is 19.5 Å². The van der Waals surface area contributed by atoms with Crippen molar-refractivity contribution < 1.29 is 29.0 Å². The molecule has 9 atom stereocenters. The number of fused-ring (bicyclic) bond motifs is 7. The van der Waals surface area contributed by atoms with Crippen LogP contribution in [0.5, 0.6) is 0 Å². The maximum atomic E-state index is 13.7. The highest BCUT2D eigenvalue weighted by Gasteiger charge is 2.70. The zero-order valence-corrected chi connectivity index (χ0v) is 32.3. The molecule has 3 N–H and O–H groups in total. The highest BCUT2D eigenvalue weighted by molar-refractivity contribution is 6.00. The van der Waals surface area contributed by atoms with Crippen molar-refractivity contribution in [3.8, 4) is 0 Å². The van der Waals surface area contributed by atoms with Crippen molar-refractivity contribution in [2.24, 2.45) is 61.9 Å². The molecule has 0 heterocycles. The first kappa shape index (κ1) is 37.5. The number of hydrogen-bond acceptors (Lipinski definition) is 7. The van der Waals surface area contributed by atoms with Gasteiger partial charge in [0.2, 0.25) is 0 Å². The van der Waals surface area contributed by atoms with E-state index in [-0.39, 0.29) is 63.2 Å². The first-order valence-corrected chi connectivity index (χ1v) is 19.0. The molecule has 0 spiro atoms. The number of carbonyl (C=O) groups excluding carboxylic acids is 3. The van der Waals surface area contributed by atoms with E-state index in [1.165, 1.54) is 5.57 Å². The summed E-state index contributed by atoms with van der Waals surface area (Å²) in [6.07, 6.45) is 8.04. The summed E-state index contributed by atoms with van der Waals surface area (Å²) in [5.74, 6) is 0.997. The molecule has 4 saturated carbocycles. The van der Waals surface area contributed by atoms with Crippen LogP contribution >= 0.6 is 0 Å². The molecule has 4 fully saturated rings. The molecular formula is C41H67NO6. The van der Waals surface area contributed by atoms with Gasteiger partial charge in [0.15, 0.2) is 5.78 Å². The van der Waals surface area contributed by atoms with Gasteiger partial charge in [0.25, 0.3) is 0 Å². The van der Waals surface area contributed by atoms with E-state index in [1.807, 2.05) is 20.8 Å². The van der Waals surface area contributed by atoms with Crippen LogP contribution in [0.15, 0.2) is 11.1 Å². The van der Waals surface area contributed by atoms with Gasteiger partial charge < -0.3 is 20.3 Å². The third kappa shape index (κ3) is 5.83. The molecule has 7 heteroatoms. The van der Waals surface area contributed by atoms with E-state index in [0.717, 1.165) is 56.9 Å². The number of esters is 2. The fourth-order valence-corrected chi connectivity index (χ4v) is 12.6. The topological polar surface area (TPSA) is 116 Å². The molecule has 0 aromatic carbocycles. The van der Waals surface area contributed by atoms with Crippen molar-refractivity contribution in [2.75, 3.05) is 0 Å². The van der Waals surface area contributed by atoms with Gasteiger partial charge >= 0.3 is 11.9 Å². The SMILES string of the molecule is CC(C)C1=C2[C@H]3CC[C@@H]4[C@@]5(C)CC[C@H](OC(=O)CC(C)(C)C(=O)OC(C)(C)C)C(C)(C)[C@@H]5CC[C@@]4(C)[C@]3(C)CC[C@@]2(C[C@H](N)O)CC1=O. The molecule has 0 bridgehead atoms. The van der Waals surface area contributed by atoms with Crippen LogP contribution < -0.4 is 5.73 Å². The predicted octanol–water partition coefficient (Wildman–Crippen LogP) is 8.30. The number of hydrogen-bond donors (Lipinski definition) is 2. The minimum atomic E-state index is -0.965. The van der Waals surface area contributed by atoms with E-state index >= 15 is 0 Å². The lowest BCUT2D eigenvalue weighted by atomic mass is 9.33. The Labute approximate surface area is 290 Å². The number of aliphatic hydroxyl groups excluding tert-OH is 1. The molecule has 0 radical (unpaired) electrons. The Hall–Kier alpha value is -1.73. The Bertz CT molecular complexity index is 1350. The second-order valence-corrected chi connectivity index (χ2v) is 20.1. The summed E-state index contributed by atoms with van der Waals surface area (Å²) in [4.78, 5) is 39.9. The Morgan fingerprint density at radius 1 is 0.896 bits per heavy atom. The number of ether oxygens (including phenoxy) is 2. The summed E-state index contributed by atoms with van der Waals surface area (Å²) in [6.45, 7) is 25.6. The summed E-state index contributed by atoms with van der Waals surface area (Å²) < 4.78 is 11.9. The van der Waals surface area contributed by atoms with Gasteiger partial charge in [-0.1, -0.05) is 54.0 Å². The maximum absolute atomic E-state index is 13.7. The van der Waals surface area contributed by atoms with Crippen molar-refractivity contribution in [1.29, 1.82) is 0 Å². The molecule has 5 aliphatic carbocycles. The average molecular weight is 670 g/mol. The monoisotopic (exact) mass is 669 g/mol. The number of aliphatic hydroxyl groups is 1. The molecule has 5 rings (SSSR count). The van der Waals surface area contributed by atoms with Crippen LogP contribution in [0.1, 0.15) is 154 Å². The smallest absolute Gasteiger partial charge is 0.312 e. The number of Topliss-reactive ketones (excluding diaryl/α,β-unsaturated/α-hetero) is 1. The van der Waals surface area contributed by atoms with E-state index in [4.69, 9.17) is 15.2 Å². The van der Waals surface area contributed by atoms with E-state index < -0.39 is 17.2 Å². The van der Waals surface area contributed by atoms with E-state index in [1.54, 1.807) is 13.8 Å². The van der Waals surface area contributed by atoms with Crippen LogP contribution in [-0.2, 0) is 23.9 Å². The molecule has 5 aliphatic rings. The number of rotatable bonds is 7. The minimum Gasteiger partial charge on any atom is -0.462 e. The average Bonchev–Trinajstić information content (AvgIpc) is 3.20. The number of carbonyl (C=O) groups is 3. The predicted molar refractivity (Wildman–Crippen MR) is 188 cm³/mol. The second kappa shape index (κ2) is 11.9.